The fourth-order valence-electron chi connectivity index (χ4n) is 0.876. The SMILES string of the molecule is Nc1nc(C(=O)Cl)cc(C(F)F)c1N. The molecule has 1 aromatic rings. The Balaban J connectivity index is 3.35. The maximum Gasteiger partial charge on any atom is 0.270 e. The molecule has 1 rings (SSSR count). The van der Waals surface area contributed by atoms with Crippen molar-refractivity contribution in [3.8, 4) is 0 Å². The van der Waals surface area contributed by atoms with Crippen LogP contribution >= 0.6 is 11.6 Å². The number of carbonyl (C=O) groups is 1. The summed E-state index contributed by atoms with van der Waals surface area (Å²) in [6, 6.07) is 0.825. The molecule has 0 saturated heterocycles. The third-order valence-electron chi connectivity index (χ3n) is 1.56. The lowest BCUT2D eigenvalue weighted by Gasteiger charge is -2.07. The first-order valence-electron chi connectivity index (χ1n) is 3.47. The van der Waals surface area contributed by atoms with E-state index in [4.69, 9.17) is 23.1 Å². The van der Waals surface area contributed by atoms with Gasteiger partial charge in [-0.3, -0.25) is 4.79 Å². The van der Waals surface area contributed by atoms with Gasteiger partial charge in [-0.05, 0) is 17.7 Å². The Bertz CT molecular complexity index is 383. The van der Waals surface area contributed by atoms with Crippen LogP contribution in [0.4, 0.5) is 20.3 Å². The van der Waals surface area contributed by atoms with E-state index in [1.54, 1.807) is 0 Å². The molecule has 0 saturated carbocycles. The average Bonchev–Trinajstić information content (AvgIpc) is 2.08. The largest absolute Gasteiger partial charge is 0.395 e. The van der Waals surface area contributed by atoms with Crippen LogP contribution in [0, 0.1) is 0 Å². The second-order valence-electron chi connectivity index (χ2n) is 2.47. The number of alkyl halides is 2. The van der Waals surface area contributed by atoms with E-state index in [0.29, 0.717) is 0 Å². The number of hydrogen-bond donors (Lipinski definition) is 2. The lowest BCUT2D eigenvalue weighted by molar-refractivity contribution is 0.107. The van der Waals surface area contributed by atoms with Gasteiger partial charge in [-0.1, -0.05) is 0 Å². The first-order chi connectivity index (χ1) is 6.43. The standard InChI is InChI=1S/C7H6ClF2N3O/c8-5(14)3-1-2(6(9)10)4(11)7(12)13-3/h1,6H,11H2,(H2,12,13). The smallest absolute Gasteiger partial charge is 0.270 e. The molecule has 0 bridgehead atoms. The highest BCUT2D eigenvalue weighted by Crippen LogP contribution is 2.29. The number of nitrogens with zero attached hydrogens (tertiary/aromatic N) is 1. The molecule has 0 aliphatic carbocycles. The third-order valence-corrected chi connectivity index (χ3v) is 1.75. The van der Waals surface area contributed by atoms with Gasteiger partial charge in [0.05, 0.1) is 5.69 Å². The summed E-state index contributed by atoms with van der Waals surface area (Å²) < 4.78 is 24.7. The molecule has 0 unspecified atom stereocenters. The zero-order valence-electron chi connectivity index (χ0n) is 6.80. The van der Waals surface area contributed by atoms with E-state index in [1.165, 1.54) is 0 Å². The van der Waals surface area contributed by atoms with Crippen LogP contribution in [-0.4, -0.2) is 10.2 Å². The van der Waals surface area contributed by atoms with E-state index >= 15 is 0 Å². The zero-order valence-corrected chi connectivity index (χ0v) is 7.55. The van der Waals surface area contributed by atoms with Crippen molar-refractivity contribution in [2.24, 2.45) is 0 Å². The molecule has 0 fully saturated rings. The fourth-order valence-corrected chi connectivity index (χ4v) is 0.973. The summed E-state index contributed by atoms with van der Waals surface area (Å²) in [6.45, 7) is 0. The van der Waals surface area contributed by atoms with E-state index in [0.717, 1.165) is 6.07 Å². The van der Waals surface area contributed by atoms with E-state index in [2.05, 4.69) is 4.98 Å². The number of halogens is 3. The van der Waals surface area contributed by atoms with Gasteiger partial charge in [0.15, 0.2) is 0 Å². The Morgan fingerprint density at radius 1 is 1.50 bits per heavy atom. The van der Waals surface area contributed by atoms with E-state index in [1.807, 2.05) is 0 Å². The Morgan fingerprint density at radius 2 is 2.07 bits per heavy atom. The van der Waals surface area contributed by atoms with Gasteiger partial charge in [0.2, 0.25) is 0 Å². The normalized spacial score (nSPS) is 10.6. The predicted octanol–water partition coefficient (Wildman–Crippen LogP) is 1.56. The van der Waals surface area contributed by atoms with Gasteiger partial charge in [-0.2, -0.15) is 0 Å². The van der Waals surface area contributed by atoms with Crippen LogP contribution in [0.15, 0.2) is 6.07 Å². The van der Waals surface area contributed by atoms with Crippen LogP contribution < -0.4 is 11.5 Å². The molecule has 0 aliphatic heterocycles. The maximum absolute atomic E-state index is 12.3. The van der Waals surface area contributed by atoms with E-state index < -0.39 is 17.2 Å². The van der Waals surface area contributed by atoms with Crippen LogP contribution in [0.2, 0.25) is 0 Å². The van der Waals surface area contributed by atoms with Crippen LogP contribution in [0.5, 0.6) is 0 Å². The Labute approximate surface area is 82.9 Å². The molecule has 0 radical (unpaired) electrons. The molecule has 4 N–H and O–H groups in total. The molecule has 0 spiro atoms. The molecule has 7 heteroatoms. The number of nitrogen functional groups attached to an aromatic ring is 2. The lowest BCUT2D eigenvalue weighted by Crippen LogP contribution is -2.07. The summed E-state index contributed by atoms with van der Waals surface area (Å²) in [7, 11) is 0. The molecule has 0 amide bonds. The molecule has 0 aliphatic rings. The van der Waals surface area contributed by atoms with Gasteiger partial charge in [0.25, 0.3) is 11.7 Å². The van der Waals surface area contributed by atoms with Crippen LogP contribution in [0.25, 0.3) is 0 Å². The molecule has 4 nitrogen and oxygen atoms in total. The number of anilines is 2. The van der Waals surface area contributed by atoms with Crippen molar-refractivity contribution in [1.29, 1.82) is 0 Å². The van der Waals surface area contributed by atoms with Gasteiger partial charge in [0.1, 0.15) is 11.5 Å². The van der Waals surface area contributed by atoms with Gasteiger partial charge < -0.3 is 11.5 Å². The second-order valence-corrected chi connectivity index (χ2v) is 2.81. The first kappa shape index (κ1) is 10.6. The van der Waals surface area contributed by atoms with Crippen molar-refractivity contribution in [2.75, 3.05) is 11.5 Å². The summed E-state index contributed by atoms with van der Waals surface area (Å²) in [5.74, 6) is -0.327. The van der Waals surface area contributed by atoms with Crippen molar-refractivity contribution in [3.63, 3.8) is 0 Å². The average molecular weight is 222 g/mol. The van der Waals surface area contributed by atoms with Crippen molar-refractivity contribution in [1.82, 2.24) is 4.98 Å². The van der Waals surface area contributed by atoms with E-state index in [-0.39, 0.29) is 17.2 Å². The summed E-state index contributed by atoms with van der Waals surface area (Å²) >= 11 is 5.06. The van der Waals surface area contributed by atoms with Crippen molar-refractivity contribution in [3.05, 3.63) is 17.3 Å². The topological polar surface area (TPSA) is 82.0 Å². The lowest BCUT2D eigenvalue weighted by atomic mass is 10.2. The number of nitrogens with two attached hydrogens (primary N) is 2. The van der Waals surface area contributed by atoms with E-state index in [9.17, 15) is 13.6 Å². The monoisotopic (exact) mass is 221 g/mol. The molecule has 14 heavy (non-hydrogen) atoms. The number of pyridine rings is 1. The molecular weight excluding hydrogens is 216 g/mol. The van der Waals surface area contributed by atoms with Gasteiger partial charge in [0, 0.05) is 5.56 Å². The van der Waals surface area contributed by atoms with Crippen LogP contribution in [-0.2, 0) is 0 Å². The Hall–Kier alpha value is -1.43. The van der Waals surface area contributed by atoms with Gasteiger partial charge in [-0.25, -0.2) is 13.8 Å². The molecule has 0 aromatic carbocycles. The zero-order chi connectivity index (χ0) is 10.9. The number of rotatable bonds is 2. The number of aromatic nitrogens is 1. The molecule has 1 heterocycles. The first-order valence-corrected chi connectivity index (χ1v) is 3.85. The summed E-state index contributed by atoms with van der Waals surface area (Å²) in [5.41, 5.74) is 9.24. The highest BCUT2D eigenvalue weighted by atomic mass is 35.5. The summed E-state index contributed by atoms with van der Waals surface area (Å²) in [5, 5.41) is -0.960. The minimum Gasteiger partial charge on any atom is -0.395 e. The molecule has 1 aromatic heterocycles. The van der Waals surface area contributed by atoms with Gasteiger partial charge in [-0.15, -0.1) is 0 Å². The molecule has 76 valence electrons. The minimum atomic E-state index is -2.82. The number of carbonyl (C=O) groups excluding carboxylic acids is 1. The van der Waals surface area contributed by atoms with Crippen LogP contribution in [0.1, 0.15) is 22.5 Å². The highest BCUT2D eigenvalue weighted by molar-refractivity contribution is 6.67. The summed E-state index contributed by atoms with van der Waals surface area (Å²) in [4.78, 5) is 14.1. The van der Waals surface area contributed by atoms with Crippen molar-refractivity contribution >= 4 is 28.3 Å². The predicted molar refractivity (Wildman–Crippen MR) is 48.2 cm³/mol. The fraction of sp³-hybridized carbons (Fsp3) is 0.143. The Kier molecular flexibility index (Phi) is 2.85. The molecule has 0 atom stereocenters. The highest BCUT2D eigenvalue weighted by Gasteiger charge is 2.17. The maximum atomic E-state index is 12.3. The second kappa shape index (κ2) is 3.75. The Morgan fingerprint density at radius 3 is 2.50 bits per heavy atom. The summed E-state index contributed by atoms with van der Waals surface area (Å²) in [6.07, 6.45) is -2.82. The quantitative estimate of drug-likeness (QED) is 0.743. The third kappa shape index (κ3) is 1.90. The van der Waals surface area contributed by atoms with Crippen molar-refractivity contribution in [2.45, 2.75) is 6.43 Å². The van der Waals surface area contributed by atoms with Crippen molar-refractivity contribution < 1.29 is 13.6 Å². The molecular formula is C7H6ClF2N3O. The van der Waals surface area contributed by atoms with Crippen LogP contribution in [0.3, 0.4) is 0 Å². The minimum absolute atomic E-state index is 0.327. The number of hydrogen-bond acceptors (Lipinski definition) is 4. The van der Waals surface area contributed by atoms with Gasteiger partial charge >= 0.3 is 0 Å².